The molecular formula is C29H32ClN5S. The molecule has 1 aromatic heterocycles. The summed E-state index contributed by atoms with van der Waals surface area (Å²) in [5.74, 6) is 1.68. The van der Waals surface area contributed by atoms with Crippen LogP contribution in [-0.4, -0.2) is 36.1 Å². The van der Waals surface area contributed by atoms with Gasteiger partial charge < -0.3 is 15.5 Å². The fourth-order valence-electron chi connectivity index (χ4n) is 4.72. The van der Waals surface area contributed by atoms with Gasteiger partial charge in [0, 0.05) is 52.9 Å². The minimum atomic E-state index is 0.395. The maximum atomic E-state index is 6.05. The van der Waals surface area contributed by atoms with Gasteiger partial charge >= 0.3 is 0 Å². The first-order valence-electron chi connectivity index (χ1n) is 12.5. The van der Waals surface area contributed by atoms with Gasteiger partial charge in [-0.1, -0.05) is 53.7 Å². The molecule has 7 heteroatoms. The standard InChI is InChI=1S/C29H32ClN5S/c1-35(2)28-25-8-4-5-9-26(25)33-29(34-28)32-23-15-13-22(14-16-23)31-19-20-7-3-6-10-27(20)36-24-17-11-21(30)12-18-24/h3-12,17-18,22-23,31H,13-16,19H2,1-2H3,(H,32,33,34)/t22-,23+. The Morgan fingerprint density at radius 1 is 0.861 bits per heavy atom. The van der Waals surface area contributed by atoms with Crippen LogP contribution in [0.25, 0.3) is 10.9 Å². The number of anilines is 2. The van der Waals surface area contributed by atoms with Gasteiger partial charge in [0.15, 0.2) is 0 Å². The van der Waals surface area contributed by atoms with Crippen LogP contribution in [-0.2, 0) is 6.54 Å². The molecule has 0 radical (unpaired) electrons. The lowest BCUT2D eigenvalue weighted by Crippen LogP contribution is -2.37. The van der Waals surface area contributed by atoms with Gasteiger partial charge in [0.1, 0.15) is 5.82 Å². The Labute approximate surface area is 222 Å². The Morgan fingerprint density at radius 2 is 1.56 bits per heavy atom. The van der Waals surface area contributed by atoms with E-state index in [9.17, 15) is 0 Å². The minimum absolute atomic E-state index is 0.395. The number of nitrogens with one attached hydrogen (secondary N) is 2. The van der Waals surface area contributed by atoms with Crippen LogP contribution in [0, 0.1) is 0 Å². The average molecular weight is 518 g/mol. The summed E-state index contributed by atoms with van der Waals surface area (Å²) in [7, 11) is 4.06. The van der Waals surface area contributed by atoms with Crippen LogP contribution in [0.4, 0.5) is 11.8 Å². The average Bonchev–Trinajstić information content (AvgIpc) is 2.90. The number of rotatable bonds is 8. The Morgan fingerprint density at radius 3 is 2.33 bits per heavy atom. The highest BCUT2D eigenvalue weighted by Crippen LogP contribution is 2.32. The van der Waals surface area contributed by atoms with Crippen molar-refractivity contribution in [2.75, 3.05) is 24.3 Å². The van der Waals surface area contributed by atoms with E-state index in [0.29, 0.717) is 12.1 Å². The summed E-state index contributed by atoms with van der Waals surface area (Å²) >= 11 is 7.84. The monoisotopic (exact) mass is 517 g/mol. The second kappa shape index (κ2) is 11.5. The SMILES string of the molecule is CN(C)c1nc(N[C@H]2CC[C@@H](NCc3ccccc3Sc3ccc(Cl)cc3)CC2)nc2ccccc12. The molecule has 4 aromatic rings. The molecule has 0 saturated heterocycles. The molecule has 5 nitrogen and oxygen atoms in total. The van der Waals surface area contributed by atoms with Gasteiger partial charge in [-0.3, -0.25) is 0 Å². The van der Waals surface area contributed by atoms with Crippen LogP contribution in [0.15, 0.2) is 82.6 Å². The second-order valence-electron chi connectivity index (χ2n) is 9.52. The summed E-state index contributed by atoms with van der Waals surface area (Å²) in [6, 6.07) is 25.8. The third-order valence-corrected chi connectivity index (χ3v) is 8.04. The third-order valence-electron chi connectivity index (χ3n) is 6.66. The first kappa shape index (κ1) is 24.9. The maximum Gasteiger partial charge on any atom is 0.225 e. The molecule has 1 aliphatic carbocycles. The number of para-hydroxylation sites is 1. The van der Waals surface area contributed by atoms with Crippen LogP contribution >= 0.6 is 23.4 Å². The molecule has 186 valence electrons. The molecule has 0 bridgehead atoms. The highest BCUT2D eigenvalue weighted by Gasteiger charge is 2.22. The van der Waals surface area contributed by atoms with Gasteiger partial charge in [0.25, 0.3) is 0 Å². The molecule has 0 atom stereocenters. The molecule has 2 N–H and O–H groups in total. The van der Waals surface area contributed by atoms with Gasteiger partial charge in [-0.25, -0.2) is 4.98 Å². The Kier molecular flexibility index (Phi) is 7.95. The minimum Gasteiger partial charge on any atom is -0.362 e. The van der Waals surface area contributed by atoms with Crippen LogP contribution in [0.1, 0.15) is 31.2 Å². The lowest BCUT2D eigenvalue weighted by molar-refractivity contribution is 0.351. The zero-order valence-corrected chi connectivity index (χ0v) is 22.3. The van der Waals surface area contributed by atoms with Gasteiger partial charge in [0.2, 0.25) is 5.95 Å². The van der Waals surface area contributed by atoms with Crippen molar-refractivity contribution in [2.45, 2.75) is 54.1 Å². The highest BCUT2D eigenvalue weighted by molar-refractivity contribution is 7.99. The second-order valence-corrected chi connectivity index (χ2v) is 11.1. The Balaban J connectivity index is 1.16. The first-order valence-corrected chi connectivity index (χ1v) is 13.7. The predicted octanol–water partition coefficient (Wildman–Crippen LogP) is 7.01. The van der Waals surface area contributed by atoms with Crippen molar-refractivity contribution in [1.82, 2.24) is 15.3 Å². The molecule has 36 heavy (non-hydrogen) atoms. The third kappa shape index (κ3) is 6.12. The predicted molar refractivity (Wildman–Crippen MR) is 152 cm³/mol. The molecule has 5 rings (SSSR count). The molecule has 0 unspecified atom stereocenters. The van der Waals surface area contributed by atoms with E-state index in [0.717, 1.165) is 59.9 Å². The first-order chi connectivity index (χ1) is 17.5. The number of nitrogens with zero attached hydrogens (tertiary/aromatic N) is 3. The zero-order chi connectivity index (χ0) is 24.9. The van der Waals surface area contributed by atoms with E-state index >= 15 is 0 Å². The van der Waals surface area contributed by atoms with Crippen molar-refractivity contribution < 1.29 is 0 Å². The van der Waals surface area contributed by atoms with Crippen molar-refractivity contribution in [3.8, 4) is 0 Å². The van der Waals surface area contributed by atoms with E-state index in [1.54, 1.807) is 11.8 Å². The molecule has 0 amide bonds. The van der Waals surface area contributed by atoms with Gasteiger partial charge in [-0.05, 0) is 73.7 Å². The fourth-order valence-corrected chi connectivity index (χ4v) is 5.79. The van der Waals surface area contributed by atoms with E-state index in [4.69, 9.17) is 21.6 Å². The molecular weight excluding hydrogens is 486 g/mol. The summed E-state index contributed by atoms with van der Waals surface area (Å²) in [5, 5.41) is 9.27. The number of hydrogen-bond donors (Lipinski definition) is 2. The van der Waals surface area contributed by atoms with E-state index in [-0.39, 0.29) is 0 Å². The summed E-state index contributed by atoms with van der Waals surface area (Å²) in [6.07, 6.45) is 4.48. The number of halogens is 1. The van der Waals surface area contributed by atoms with Crippen molar-refractivity contribution >= 4 is 46.0 Å². The van der Waals surface area contributed by atoms with Crippen molar-refractivity contribution in [3.05, 3.63) is 83.4 Å². The quantitative estimate of drug-likeness (QED) is 0.262. The molecule has 3 aromatic carbocycles. The molecule has 1 fully saturated rings. The normalized spacial score (nSPS) is 17.8. The number of aromatic nitrogens is 2. The zero-order valence-electron chi connectivity index (χ0n) is 20.7. The number of benzene rings is 3. The Bertz CT molecular complexity index is 1300. The lowest BCUT2D eigenvalue weighted by atomic mass is 9.91. The summed E-state index contributed by atoms with van der Waals surface area (Å²) in [5.41, 5.74) is 2.31. The van der Waals surface area contributed by atoms with Crippen molar-refractivity contribution in [2.24, 2.45) is 0 Å². The summed E-state index contributed by atoms with van der Waals surface area (Å²) in [6.45, 7) is 0.875. The lowest BCUT2D eigenvalue weighted by Gasteiger charge is -2.30. The summed E-state index contributed by atoms with van der Waals surface area (Å²) in [4.78, 5) is 14.1. The van der Waals surface area contributed by atoms with Gasteiger partial charge in [-0.2, -0.15) is 4.98 Å². The fraction of sp³-hybridized carbons (Fsp3) is 0.310. The molecule has 1 heterocycles. The molecule has 1 saturated carbocycles. The van der Waals surface area contributed by atoms with Crippen LogP contribution in [0.3, 0.4) is 0 Å². The maximum absolute atomic E-state index is 6.05. The van der Waals surface area contributed by atoms with Gasteiger partial charge in [0.05, 0.1) is 5.52 Å². The van der Waals surface area contributed by atoms with Crippen molar-refractivity contribution in [3.63, 3.8) is 0 Å². The molecule has 0 aliphatic heterocycles. The van der Waals surface area contributed by atoms with Gasteiger partial charge in [-0.15, -0.1) is 0 Å². The van der Waals surface area contributed by atoms with Crippen LogP contribution in [0.5, 0.6) is 0 Å². The van der Waals surface area contributed by atoms with Crippen molar-refractivity contribution in [1.29, 1.82) is 0 Å². The molecule has 0 spiro atoms. The van der Waals surface area contributed by atoms with Crippen LogP contribution in [0.2, 0.25) is 5.02 Å². The number of hydrogen-bond acceptors (Lipinski definition) is 6. The molecule has 1 aliphatic rings. The highest BCUT2D eigenvalue weighted by atomic mass is 35.5. The Hall–Kier alpha value is -2.80. The smallest absolute Gasteiger partial charge is 0.225 e. The van der Waals surface area contributed by atoms with E-state index in [1.165, 1.54) is 15.4 Å². The van der Waals surface area contributed by atoms with E-state index in [1.807, 2.05) is 38.4 Å². The summed E-state index contributed by atoms with van der Waals surface area (Å²) < 4.78 is 0. The topological polar surface area (TPSA) is 53.1 Å². The van der Waals surface area contributed by atoms with E-state index < -0.39 is 0 Å². The van der Waals surface area contributed by atoms with Crippen LogP contribution < -0.4 is 15.5 Å². The number of fused-ring (bicyclic) bond motifs is 1. The largest absolute Gasteiger partial charge is 0.362 e. The van der Waals surface area contributed by atoms with E-state index in [2.05, 4.69) is 64.1 Å².